The summed E-state index contributed by atoms with van der Waals surface area (Å²) in [6.07, 6.45) is 4.86. The minimum atomic E-state index is 0.00543. The molecule has 1 aromatic carbocycles. The molecule has 1 aliphatic rings. The first kappa shape index (κ1) is 14.9. The van der Waals surface area contributed by atoms with Crippen molar-refractivity contribution in [3.63, 3.8) is 0 Å². The quantitative estimate of drug-likeness (QED) is 0.812. The van der Waals surface area contributed by atoms with E-state index >= 15 is 0 Å². The van der Waals surface area contributed by atoms with Gasteiger partial charge in [-0.1, -0.05) is 34.0 Å². The standard InChI is InChI=1S/C15H19BrClNO/c1-10-7-13(17)5-6-14(10)15(19)18-9-11-3-2-4-12(16)8-11/h5-7,11-12H,2-4,8-9H2,1H3,(H,18,19). The molecule has 0 heterocycles. The molecule has 0 radical (unpaired) electrons. The van der Waals surface area contributed by atoms with Crippen molar-refractivity contribution < 1.29 is 4.79 Å². The van der Waals surface area contributed by atoms with Crippen molar-refractivity contribution in [3.8, 4) is 0 Å². The zero-order valence-electron chi connectivity index (χ0n) is 11.1. The average molecular weight is 345 g/mol. The van der Waals surface area contributed by atoms with E-state index in [0.717, 1.165) is 24.1 Å². The van der Waals surface area contributed by atoms with Gasteiger partial charge in [-0.15, -0.1) is 0 Å². The third-order valence-electron chi connectivity index (χ3n) is 3.70. The summed E-state index contributed by atoms with van der Waals surface area (Å²) in [7, 11) is 0. The molecule has 2 rings (SSSR count). The Morgan fingerprint density at radius 3 is 2.95 bits per heavy atom. The van der Waals surface area contributed by atoms with Crippen molar-refractivity contribution in [2.75, 3.05) is 6.54 Å². The van der Waals surface area contributed by atoms with Crippen LogP contribution in [0.4, 0.5) is 0 Å². The Kier molecular flexibility index (Phi) is 5.28. The third kappa shape index (κ3) is 4.22. The topological polar surface area (TPSA) is 29.1 Å². The molecule has 2 nitrogen and oxygen atoms in total. The number of benzene rings is 1. The number of alkyl halides is 1. The van der Waals surface area contributed by atoms with Crippen molar-refractivity contribution in [2.45, 2.75) is 37.4 Å². The molecule has 2 atom stereocenters. The fourth-order valence-electron chi connectivity index (χ4n) is 2.62. The summed E-state index contributed by atoms with van der Waals surface area (Å²) in [6.45, 7) is 2.68. The van der Waals surface area contributed by atoms with Gasteiger partial charge in [-0.25, -0.2) is 0 Å². The molecule has 19 heavy (non-hydrogen) atoms. The van der Waals surface area contributed by atoms with Crippen LogP contribution in [-0.4, -0.2) is 17.3 Å². The number of rotatable bonds is 3. The van der Waals surface area contributed by atoms with Crippen LogP contribution in [0.3, 0.4) is 0 Å². The van der Waals surface area contributed by atoms with Crippen molar-refractivity contribution in [1.29, 1.82) is 0 Å². The van der Waals surface area contributed by atoms with Gasteiger partial charge in [-0.05, 0) is 55.9 Å². The second-order valence-electron chi connectivity index (χ2n) is 5.30. The van der Waals surface area contributed by atoms with Crippen molar-refractivity contribution in [2.24, 2.45) is 5.92 Å². The van der Waals surface area contributed by atoms with Gasteiger partial charge in [0.25, 0.3) is 5.91 Å². The van der Waals surface area contributed by atoms with Gasteiger partial charge in [0.1, 0.15) is 0 Å². The van der Waals surface area contributed by atoms with E-state index in [2.05, 4.69) is 21.2 Å². The minimum Gasteiger partial charge on any atom is -0.352 e. The molecular formula is C15H19BrClNO. The van der Waals surface area contributed by atoms with E-state index in [0.29, 0.717) is 15.8 Å². The van der Waals surface area contributed by atoms with Crippen LogP contribution < -0.4 is 5.32 Å². The van der Waals surface area contributed by atoms with Crippen LogP contribution in [0.25, 0.3) is 0 Å². The van der Waals surface area contributed by atoms with E-state index in [4.69, 9.17) is 11.6 Å². The molecule has 1 saturated carbocycles. The number of halogens is 2. The first-order valence-corrected chi connectivity index (χ1v) is 8.04. The normalized spacial score (nSPS) is 23.1. The predicted octanol–water partition coefficient (Wildman–Crippen LogP) is 4.33. The Morgan fingerprint density at radius 2 is 2.26 bits per heavy atom. The van der Waals surface area contributed by atoms with Crippen LogP contribution >= 0.6 is 27.5 Å². The van der Waals surface area contributed by atoms with Crippen LogP contribution in [-0.2, 0) is 0 Å². The van der Waals surface area contributed by atoms with Crippen LogP contribution in [0.2, 0.25) is 5.02 Å². The average Bonchev–Trinajstić information content (AvgIpc) is 2.36. The molecule has 0 aliphatic heterocycles. The van der Waals surface area contributed by atoms with Crippen LogP contribution in [0.5, 0.6) is 0 Å². The second-order valence-corrected chi connectivity index (χ2v) is 7.03. The Bertz CT molecular complexity index is 463. The molecule has 2 unspecified atom stereocenters. The highest BCUT2D eigenvalue weighted by atomic mass is 79.9. The summed E-state index contributed by atoms with van der Waals surface area (Å²) in [6, 6.07) is 5.38. The number of carbonyl (C=O) groups is 1. The highest BCUT2D eigenvalue weighted by molar-refractivity contribution is 9.09. The summed E-state index contributed by atoms with van der Waals surface area (Å²) < 4.78 is 0. The molecular weight excluding hydrogens is 326 g/mol. The van der Waals surface area contributed by atoms with Crippen molar-refractivity contribution >= 4 is 33.4 Å². The van der Waals surface area contributed by atoms with Gasteiger partial charge >= 0.3 is 0 Å². The molecule has 0 saturated heterocycles. The fraction of sp³-hybridized carbons (Fsp3) is 0.533. The first-order valence-electron chi connectivity index (χ1n) is 6.74. The number of aryl methyl sites for hydroxylation is 1. The number of hydrogen-bond acceptors (Lipinski definition) is 1. The molecule has 0 spiro atoms. The van der Waals surface area contributed by atoms with Gasteiger partial charge in [0, 0.05) is 22.0 Å². The number of carbonyl (C=O) groups excluding carboxylic acids is 1. The van der Waals surface area contributed by atoms with E-state index in [1.54, 1.807) is 12.1 Å². The summed E-state index contributed by atoms with van der Waals surface area (Å²) in [5.74, 6) is 0.598. The summed E-state index contributed by atoms with van der Waals surface area (Å²) in [4.78, 5) is 12.7. The lowest BCUT2D eigenvalue weighted by atomic mass is 9.89. The van der Waals surface area contributed by atoms with Gasteiger partial charge in [0.15, 0.2) is 0 Å². The monoisotopic (exact) mass is 343 g/mol. The Morgan fingerprint density at radius 1 is 1.47 bits per heavy atom. The van der Waals surface area contributed by atoms with Gasteiger partial charge in [-0.2, -0.15) is 0 Å². The fourth-order valence-corrected chi connectivity index (χ4v) is 3.70. The van der Waals surface area contributed by atoms with E-state index < -0.39 is 0 Å². The largest absolute Gasteiger partial charge is 0.352 e. The Labute approximate surface area is 128 Å². The summed E-state index contributed by atoms with van der Waals surface area (Å²) in [5, 5.41) is 3.72. The molecule has 104 valence electrons. The lowest BCUT2D eigenvalue weighted by Gasteiger charge is -2.25. The number of nitrogens with one attached hydrogen (secondary N) is 1. The zero-order chi connectivity index (χ0) is 13.8. The molecule has 4 heteroatoms. The molecule has 1 fully saturated rings. The summed E-state index contributed by atoms with van der Waals surface area (Å²) >= 11 is 9.57. The first-order chi connectivity index (χ1) is 9.06. The van der Waals surface area contributed by atoms with E-state index in [1.165, 1.54) is 19.3 Å². The van der Waals surface area contributed by atoms with E-state index in [1.807, 2.05) is 13.0 Å². The molecule has 1 aliphatic carbocycles. The highest BCUT2D eigenvalue weighted by Crippen LogP contribution is 2.28. The SMILES string of the molecule is Cc1cc(Cl)ccc1C(=O)NCC1CCCC(Br)C1. The smallest absolute Gasteiger partial charge is 0.251 e. The maximum Gasteiger partial charge on any atom is 0.251 e. The van der Waals surface area contributed by atoms with Crippen molar-refractivity contribution in [1.82, 2.24) is 5.32 Å². The van der Waals surface area contributed by atoms with Gasteiger partial charge in [0.2, 0.25) is 0 Å². The maximum atomic E-state index is 12.1. The molecule has 1 N–H and O–H groups in total. The second kappa shape index (κ2) is 6.76. The lowest BCUT2D eigenvalue weighted by Crippen LogP contribution is -2.32. The van der Waals surface area contributed by atoms with Crippen molar-refractivity contribution in [3.05, 3.63) is 34.3 Å². The van der Waals surface area contributed by atoms with E-state index in [-0.39, 0.29) is 5.91 Å². The molecule has 1 amide bonds. The molecule has 0 aromatic heterocycles. The van der Waals surface area contributed by atoms with Gasteiger partial charge < -0.3 is 5.32 Å². The predicted molar refractivity (Wildman–Crippen MR) is 83.2 cm³/mol. The van der Waals surface area contributed by atoms with Gasteiger partial charge in [-0.3, -0.25) is 4.79 Å². The highest BCUT2D eigenvalue weighted by Gasteiger charge is 2.20. The van der Waals surface area contributed by atoms with E-state index in [9.17, 15) is 4.79 Å². The van der Waals surface area contributed by atoms with Crippen LogP contribution in [0, 0.1) is 12.8 Å². The Hall–Kier alpha value is -0.540. The molecule has 0 bridgehead atoms. The lowest BCUT2D eigenvalue weighted by molar-refractivity contribution is 0.0943. The van der Waals surface area contributed by atoms with Crippen LogP contribution in [0.1, 0.15) is 41.6 Å². The number of hydrogen-bond donors (Lipinski definition) is 1. The molecule has 1 aromatic rings. The van der Waals surface area contributed by atoms with Crippen LogP contribution in [0.15, 0.2) is 18.2 Å². The third-order valence-corrected chi connectivity index (χ3v) is 4.77. The summed E-state index contributed by atoms with van der Waals surface area (Å²) in [5.41, 5.74) is 1.64. The Balaban J connectivity index is 1.90. The minimum absolute atomic E-state index is 0.00543. The van der Waals surface area contributed by atoms with Gasteiger partial charge in [0.05, 0.1) is 0 Å². The maximum absolute atomic E-state index is 12.1. The number of amides is 1. The zero-order valence-corrected chi connectivity index (χ0v) is 13.4.